The molecule has 0 bridgehead atoms. The fraction of sp³-hybridized carbons (Fsp3) is 0.318. The molecule has 1 fully saturated rings. The Morgan fingerprint density at radius 3 is 3.10 bits per heavy atom. The van der Waals surface area contributed by atoms with E-state index in [4.69, 9.17) is 9.47 Å². The molecule has 3 aliphatic rings. The molecule has 0 saturated carbocycles. The zero-order chi connectivity index (χ0) is 19.8. The van der Waals surface area contributed by atoms with E-state index < -0.39 is 18.1 Å². The average molecular weight is 408 g/mol. The SMILES string of the molecule is O=C1OCN(C(=O)OCC2C3=C(CCC=C3)c3ccccc32)[C@H]1Cc1cscn1. The van der Waals surface area contributed by atoms with Crippen LogP contribution in [0, 0.1) is 0 Å². The van der Waals surface area contributed by atoms with Crippen molar-refractivity contribution in [1.29, 1.82) is 0 Å². The van der Waals surface area contributed by atoms with E-state index in [2.05, 4.69) is 29.3 Å². The van der Waals surface area contributed by atoms with Crippen molar-refractivity contribution >= 4 is 29.0 Å². The lowest BCUT2D eigenvalue weighted by molar-refractivity contribution is -0.139. The van der Waals surface area contributed by atoms with Gasteiger partial charge in [-0.05, 0) is 35.1 Å². The van der Waals surface area contributed by atoms with Gasteiger partial charge in [-0.15, -0.1) is 11.3 Å². The molecule has 148 valence electrons. The number of carbonyl (C=O) groups is 2. The normalized spacial score (nSPS) is 22.5. The number of thiazole rings is 1. The smallest absolute Gasteiger partial charge is 0.413 e. The second-order valence-electron chi connectivity index (χ2n) is 7.35. The van der Waals surface area contributed by atoms with Crippen LogP contribution in [0.1, 0.15) is 35.6 Å². The van der Waals surface area contributed by atoms with Crippen LogP contribution in [0.15, 0.2) is 52.9 Å². The zero-order valence-corrected chi connectivity index (χ0v) is 16.6. The van der Waals surface area contributed by atoms with Crippen LogP contribution in [0.3, 0.4) is 0 Å². The first-order valence-electron chi connectivity index (χ1n) is 9.68. The van der Waals surface area contributed by atoms with Crippen molar-refractivity contribution in [2.75, 3.05) is 13.3 Å². The molecule has 1 amide bonds. The molecule has 29 heavy (non-hydrogen) atoms. The summed E-state index contributed by atoms with van der Waals surface area (Å²) >= 11 is 1.46. The average Bonchev–Trinajstić information content (AvgIpc) is 3.46. The molecular weight excluding hydrogens is 388 g/mol. The molecule has 2 heterocycles. The first kappa shape index (κ1) is 18.1. The van der Waals surface area contributed by atoms with Crippen LogP contribution < -0.4 is 0 Å². The summed E-state index contributed by atoms with van der Waals surface area (Å²) in [7, 11) is 0. The van der Waals surface area contributed by atoms with Crippen LogP contribution in [-0.2, 0) is 20.7 Å². The molecule has 0 N–H and O–H groups in total. The third kappa shape index (κ3) is 3.25. The van der Waals surface area contributed by atoms with Crippen LogP contribution in [0.2, 0.25) is 0 Å². The van der Waals surface area contributed by atoms with E-state index in [1.165, 1.54) is 38.5 Å². The largest absolute Gasteiger partial charge is 0.448 e. The van der Waals surface area contributed by atoms with Gasteiger partial charge in [0.15, 0.2) is 6.73 Å². The molecule has 7 heteroatoms. The van der Waals surface area contributed by atoms with Crippen molar-refractivity contribution < 1.29 is 19.1 Å². The molecule has 6 nitrogen and oxygen atoms in total. The first-order valence-corrected chi connectivity index (χ1v) is 10.6. The Labute approximate surface area is 172 Å². The Balaban J connectivity index is 1.31. The van der Waals surface area contributed by atoms with E-state index in [0.29, 0.717) is 6.42 Å². The Morgan fingerprint density at radius 1 is 1.34 bits per heavy atom. The van der Waals surface area contributed by atoms with E-state index in [0.717, 1.165) is 18.5 Å². The van der Waals surface area contributed by atoms with Gasteiger partial charge >= 0.3 is 12.1 Å². The van der Waals surface area contributed by atoms with Gasteiger partial charge in [0.2, 0.25) is 0 Å². The van der Waals surface area contributed by atoms with E-state index >= 15 is 0 Å². The standard InChI is InChI=1S/C22H20N2O4S/c25-21-20(9-14-11-29-12-23-14)24(13-28-21)22(26)27-10-19-17-7-3-1-5-15(17)16-6-2-4-8-18(16)19/h1,3-5,7-8,11-12,19-20H,2,6,9-10,13H2/t19?,20-/m0/s1. The van der Waals surface area contributed by atoms with Crippen molar-refractivity contribution in [3.8, 4) is 0 Å². The van der Waals surface area contributed by atoms with Crippen LogP contribution >= 0.6 is 11.3 Å². The number of nitrogens with zero attached hydrogens (tertiary/aromatic N) is 2. The number of rotatable bonds is 4. The molecule has 2 aliphatic carbocycles. The summed E-state index contributed by atoms with van der Waals surface area (Å²) in [5.74, 6) is -0.390. The van der Waals surface area contributed by atoms with Crippen molar-refractivity contribution in [3.63, 3.8) is 0 Å². The van der Waals surface area contributed by atoms with Gasteiger partial charge in [0.05, 0.1) is 11.2 Å². The number of carbonyl (C=O) groups excluding carboxylic acids is 2. The number of hydrogen-bond donors (Lipinski definition) is 0. The van der Waals surface area contributed by atoms with Gasteiger partial charge in [0, 0.05) is 17.7 Å². The van der Waals surface area contributed by atoms with Crippen LogP contribution in [0.5, 0.6) is 0 Å². The molecular formula is C22H20N2O4S. The summed E-state index contributed by atoms with van der Waals surface area (Å²) in [6.45, 7) is 0.161. The van der Waals surface area contributed by atoms with Gasteiger partial charge in [-0.25, -0.2) is 14.6 Å². The van der Waals surface area contributed by atoms with E-state index in [-0.39, 0.29) is 19.3 Å². The molecule has 0 spiro atoms. The molecule has 1 aliphatic heterocycles. The van der Waals surface area contributed by atoms with Crippen LogP contribution in [-0.4, -0.2) is 41.3 Å². The molecule has 5 rings (SSSR count). The number of benzene rings is 1. The number of cyclic esters (lactones) is 1. The molecule has 1 aromatic heterocycles. The number of allylic oxidation sites excluding steroid dienone is 3. The second kappa shape index (κ2) is 7.48. The third-order valence-electron chi connectivity index (χ3n) is 5.73. The predicted octanol–water partition coefficient (Wildman–Crippen LogP) is 3.91. The van der Waals surface area contributed by atoms with Gasteiger partial charge in [0.25, 0.3) is 0 Å². The molecule has 1 unspecified atom stereocenters. The predicted molar refractivity (Wildman–Crippen MR) is 108 cm³/mol. The maximum Gasteiger partial charge on any atom is 0.413 e. The summed E-state index contributed by atoms with van der Waals surface area (Å²) in [4.78, 5) is 30.5. The van der Waals surface area contributed by atoms with Crippen molar-refractivity contribution in [2.45, 2.75) is 31.2 Å². The Morgan fingerprint density at radius 2 is 2.24 bits per heavy atom. The monoisotopic (exact) mass is 408 g/mol. The van der Waals surface area contributed by atoms with Crippen molar-refractivity contribution in [2.24, 2.45) is 0 Å². The van der Waals surface area contributed by atoms with Crippen molar-refractivity contribution in [3.05, 3.63) is 69.7 Å². The fourth-order valence-corrected chi connectivity index (χ4v) is 4.89. The summed E-state index contributed by atoms with van der Waals surface area (Å²) in [5, 5.41) is 1.87. The van der Waals surface area contributed by atoms with Gasteiger partial charge in [0.1, 0.15) is 12.6 Å². The maximum atomic E-state index is 12.8. The molecule has 1 aromatic carbocycles. The highest BCUT2D eigenvalue weighted by molar-refractivity contribution is 7.07. The van der Waals surface area contributed by atoms with E-state index in [1.54, 1.807) is 5.51 Å². The number of ether oxygens (including phenoxy) is 2. The highest BCUT2D eigenvalue weighted by Crippen LogP contribution is 2.46. The van der Waals surface area contributed by atoms with E-state index in [9.17, 15) is 9.59 Å². The Bertz CT molecular complexity index is 1010. The Hall–Kier alpha value is -2.93. The number of hydrogen-bond acceptors (Lipinski definition) is 6. The summed E-state index contributed by atoms with van der Waals surface area (Å²) < 4.78 is 10.8. The van der Waals surface area contributed by atoms with Gasteiger partial charge in [-0.3, -0.25) is 4.90 Å². The number of esters is 1. The maximum absolute atomic E-state index is 12.8. The third-order valence-corrected chi connectivity index (χ3v) is 6.37. The molecule has 0 radical (unpaired) electrons. The lowest BCUT2D eigenvalue weighted by atomic mass is 9.93. The lowest BCUT2D eigenvalue weighted by Crippen LogP contribution is -2.40. The summed E-state index contributed by atoms with van der Waals surface area (Å²) in [6, 6.07) is 7.62. The first-order chi connectivity index (χ1) is 14.2. The highest BCUT2D eigenvalue weighted by atomic mass is 32.1. The molecule has 2 atom stereocenters. The lowest BCUT2D eigenvalue weighted by Gasteiger charge is -2.22. The topological polar surface area (TPSA) is 68.7 Å². The number of aromatic nitrogens is 1. The molecule has 2 aromatic rings. The van der Waals surface area contributed by atoms with Crippen molar-refractivity contribution in [1.82, 2.24) is 9.88 Å². The van der Waals surface area contributed by atoms with Gasteiger partial charge < -0.3 is 9.47 Å². The summed E-state index contributed by atoms with van der Waals surface area (Å²) in [6.07, 6.45) is 6.19. The summed E-state index contributed by atoms with van der Waals surface area (Å²) in [5.41, 5.74) is 7.52. The molecule has 1 saturated heterocycles. The minimum Gasteiger partial charge on any atom is -0.448 e. The highest BCUT2D eigenvalue weighted by Gasteiger charge is 2.40. The zero-order valence-electron chi connectivity index (χ0n) is 15.7. The Kier molecular flexibility index (Phi) is 4.67. The van der Waals surface area contributed by atoms with Crippen LogP contribution in [0.25, 0.3) is 5.57 Å². The quantitative estimate of drug-likeness (QED) is 0.718. The van der Waals surface area contributed by atoms with Gasteiger partial charge in [-0.2, -0.15) is 0 Å². The van der Waals surface area contributed by atoms with E-state index in [1.807, 2.05) is 17.5 Å². The van der Waals surface area contributed by atoms with Gasteiger partial charge in [-0.1, -0.05) is 36.4 Å². The number of fused-ring (bicyclic) bond motifs is 2. The fourth-order valence-electron chi connectivity index (χ4n) is 4.32. The van der Waals surface area contributed by atoms with Crippen LogP contribution in [0.4, 0.5) is 4.79 Å². The second-order valence-corrected chi connectivity index (χ2v) is 8.07. The number of amides is 1. The minimum atomic E-state index is -0.690. The minimum absolute atomic E-state index is 0.0258.